The number of nitrogens with zero attached hydrogens (tertiary/aromatic N) is 1. The van der Waals surface area contributed by atoms with Crippen LogP contribution in [-0.4, -0.2) is 64.5 Å². The van der Waals surface area contributed by atoms with Crippen molar-refractivity contribution in [3.8, 4) is 0 Å². The largest absolute Gasteiger partial charge is 0.673 e. The molecule has 0 unspecified atom stereocenters. The van der Waals surface area contributed by atoms with Crippen LogP contribution >= 0.6 is 0 Å². The van der Waals surface area contributed by atoms with Crippen molar-refractivity contribution in [2.75, 3.05) is 20.1 Å². The number of amides is 1. The highest BCUT2D eigenvalue weighted by Gasteiger charge is 2.24. The van der Waals surface area contributed by atoms with E-state index in [1.807, 2.05) is 20.8 Å². The van der Waals surface area contributed by atoms with E-state index >= 15 is 0 Å². The summed E-state index contributed by atoms with van der Waals surface area (Å²) in [5.41, 5.74) is -0.408. The van der Waals surface area contributed by atoms with Gasteiger partial charge in [0, 0.05) is 12.6 Å². The minimum atomic E-state index is -6.00. The third-order valence-electron chi connectivity index (χ3n) is 2.11. The molecule has 4 nitrogen and oxygen atoms in total. The summed E-state index contributed by atoms with van der Waals surface area (Å²) in [5, 5.41) is 2.86. The molecule has 0 aromatic carbocycles. The van der Waals surface area contributed by atoms with Gasteiger partial charge in [-0.2, -0.15) is 0 Å². The lowest BCUT2D eigenvalue weighted by molar-refractivity contribution is 0.0506. The van der Waals surface area contributed by atoms with Gasteiger partial charge in [-0.1, -0.05) is 0 Å². The van der Waals surface area contributed by atoms with Gasteiger partial charge in [-0.05, 0) is 40.8 Å². The van der Waals surface area contributed by atoms with Crippen molar-refractivity contribution in [3.63, 3.8) is 0 Å². The number of hydrogen-bond acceptors (Lipinski definition) is 3. The van der Waals surface area contributed by atoms with Gasteiger partial charge in [-0.25, -0.2) is 4.79 Å². The van der Waals surface area contributed by atoms with Crippen molar-refractivity contribution in [1.82, 2.24) is 10.2 Å². The van der Waals surface area contributed by atoms with Crippen molar-refractivity contribution in [3.05, 3.63) is 0 Å². The molecule has 1 aliphatic heterocycles. The zero-order valence-electron chi connectivity index (χ0n) is 15.7. The van der Waals surface area contributed by atoms with Crippen LogP contribution in [0.3, 0.4) is 0 Å². The SMILES string of the molecule is CN1CC[C@@H](NC(=O)OC(C)(C)C)C1.F[B-](F)(F)F.F[B-](F)(F)F.F[B-](F)(F)F. The fourth-order valence-corrected chi connectivity index (χ4v) is 1.53. The summed E-state index contributed by atoms with van der Waals surface area (Å²) in [4.78, 5) is 13.6. The molecule has 1 N–H and O–H groups in total. The lowest BCUT2D eigenvalue weighted by Gasteiger charge is -2.21. The van der Waals surface area contributed by atoms with Gasteiger partial charge in [0.05, 0.1) is 0 Å². The van der Waals surface area contributed by atoms with Crippen LogP contribution in [0.1, 0.15) is 27.2 Å². The standard InChI is InChI=1S/C10H20N2O2.3BF4/c1-10(2,3)14-9(13)11-8-5-6-12(4)7-8;3*2-1(3,4)5/h8H,5-7H2,1-4H3,(H,11,13);;;/q;3*-1/t8-;;;/m1.../s1. The van der Waals surface area contributed by atoms with Gasteiger partial charge >= 0.3 is 27.9 Å². The smallest absolute Gasteiger partial charge is 0.444 e. The maximum atomic E-state index is 11.4. The molecule has 1 fully saturated rings. The van der Waals surface area contributed by atoms with E-state index in [0.29, 0.717) is 0 Å². The molecule has 29 heavy (non-hydrogen) atoms. The predicted molar refractivity (Wildman–Crippen MR) is 85.8 cm³/mol. The highest BCUT2D eigenvalue weighted by molar-refractivity contribution is 6.50. The fourth-order valence-electron chi connectivity index (χ4n) is 1.53. The summed E-state index contributed by atoms with van der Waals surface area (Å²) in [5.74, 6) is 0. The van der Waals surface area contributed by atoms with Crippen molar-refractivity contribution < 1.29 is 61.3 Å². The van der Waals surface area contributed by atoms with Crippen LogP contribution in [0.15, 0.2) is 0 Å². The Morgan fingerprint density at radius 3 is 1.38 bits per heavy atom. The van der Waals surface area contributed by atoms with Crippen molar-refractivity contribution in [2.24, 2.45) is 0 Å². The van der Waals surface area contributed by atoms with E-state index in [1.54, 1.807) is 0 Å². The lowest BCUT2D eigenvalue weighted by atomic mass is 10.2. The number of rotatable bonds is 1. The number of nitrogens with one attached hydrogen (secondary N) is 1. The number of ether oxygens (including phenoxy) is 1. The average Bonchev–Trinajstić information content (AvgIpc) is 2.64. The Balaban J connectivity index is -0.000000373. The van der Waals surface area contributed by atoms with E-state index in [0.717, 1.165) is 19.5 Å². The number of likely N-dealkylation sites (tertiary alicyclic amines) is 1. The van der Waals surface area contributed by atoms with E-state index in [4.69, 9.17) is 4.74 Å². The fraction of sp³-hybridized carbons (Fsp3) is 0.900. The Morgan fingerprint density at radius 2 is 1.17 bits per heavy atom. The maximum Gasteiger partial charge on any atom is 0.673 e. The molecular weight excluding hydrogens is 441 g/mol. The summed E-state index contributed by atoms with van der Waals surface area (Å²) in [7, 11) is -15.9. The number of alkyl carbamates (subject to hydrolysis) is 1. The lowest BCUT2D eigenvalue weighted by Crippen LogP contribution is -2.40. The number of halogens is 12. The van der Waals surface area contributed by atoms with Gasteiger partial charge in [0.2, 0.25) is 0 Å². The van der Waals surface area contributed by atoms with E-state index < -0.39 is 27.4 Å². The summed E-state index contributed by atoms with van der Waals surface area (Å²) in [6, 6.07) is 0.245. The molecule has 1 atom stereocenters. The Kier molecular flexibility index (Phi) is 14.5. The topological polar surface area (TPSA) is 41.6 Å². The molecule has 0 spiro atoms. The Labute approximate surface area is 159 Å². The van der Waals surface area contributed by atoms with Crippen molar-refractivity contribution in [1.29, 1.82) is 0 Å². The van der Waals surface area contributed by atoms with E-state index in [2.05, 4.69) is 17.3 Å². The number of carbonyl (C=O) groups is 1. The first-order chi connectivity index (χ1) is 12.4. The van der Waals surface area contributed by atoms with Crippen molar-refractivity contribution >= 4 is 27.9 Å². The average molecular weight is 461 g/mol. The minimum Gasteiger partial charge on any atom is -0.444 e. The third kappa shape index (κ3) is 58.4. The highest BCUT2D eigenvalue weighted by Crippen LogP contribution is 2.10. The molecule has 0 aliphatic carbocycles. The van der Waals surface area contributed by atoms with Crippen molar-refractivity contribution in [2.45, 2.75) is 38.8 Å². The van der Waals surface area contributed by atoms with Gasteiger partial charge in [0.15, 0.2) is 0 Å². The van der Waals surface area contributed by atoms with Crippen LogP contribution in [0.2, 0.25) is 0 Å². The van der Waals surface area contributed by atoms with E-state index in [1.165, 1.54) is 0 Å². The number of hydrogen-bond donors (Lipinski definition) is 1. The number of carbonyl (C=O) groups excluding carboxylic acids is 1. The van der Waals surface area contributed by atoms with Gasteiger partial charge in [0.1, 0.15) is 5.60 Å². The Hall–Kier alpha value is -1.42. The number of likely N-dealkylation sites (N-methyl/N-ethyl adjacent to an activating group) is 1. The molecule has 0 saturated carbocycles. The third-order valence-corrected chi connectivity index (χ3v) is 2.11. The molecule has 178 valence electrons. The molecule has 0 bridgehead atoms. The molecule has 1 rings (SSSR count). The van der Waals surface area contributed by atoms with Crippen LogP contribution in [0.4, 0.5) is 56.6 Å². The highest BCUT2D eigenvalue weighted by atomic mass is 19.5. The molecule has 19 heteroatoms. The zero-order chi connectivity index (χ0) is 24.3. The summed E-state index contributed by atoms with van der Waals surface area (Å²) < 4.78 is 122. The molecular formula is C10H20B3F12N2O2-3. The molecule has 1 saturated heterocycles. The van der Waals surface area contributed by atoms with Crippen LogP contribution in [0.25, 0.3) is 0 Å². The summed E-state index contributed by atoms with van der Waals surface area (Å²) in [6.07, 6.45) is 0.702. The second kappa shape index (κ2) is 13.0. The van der Waals surface area contributed by atoms with Crippen LogP contribution < -0.4 is 5.32 Å². The van der Waals surface area contributed by atoms with Gasteiger partial charge < -0.3 is 66.7 Å². The first kappa shape index (κ1) is 32.3. The quantitative estimate of drug-likeness (QED) is 0.436. The van der Waals surface area contributed by atoms with Gasteiger partial charge in [-0.15, -0.1) is 0 Å². The summed E-state index contributed by atoms with van der Waals surface area (Å²) >= 11 is 0. The van der Waals surface area contributed by atoms with E-state index in [9.17, 15) is 56.6 Å². The molecule has 1 aliphatic rings. The molecule has 1 amide bonds. The van der Waals surface area contributed by atoms with E-state index in [-0.39, 0.29) is 12.1 Å². The molecule has 0 radical (unpaired) electrons. The summed E-state index contributed by atoms with van der Waals surface area (Å²) in [6.45, 7) is 7.56. The van der Waals surface area contributed by atoms with Crippen LogP contribution in [-0.2, 0) is 4.74 Å². The maximum absolute atomic E-state index is 11.4. The monoisotopic (exact) mass is 461 g/mol. The second-order valence-corrected chi connectivity index (χ2v) is 6.38. The molecule has 0 aromatic heterocycles. The Bertz CT molecular complexity index is 407. The van der Waals surface area contributed by atoms with Gasteiger partial charge in [0.25, 0.3) is 0 Å². The minimum absolute atomic E-state index is 0.245. The van der Waals surface area contributed by atoms with Gasteiger partial charge in [-0.3, -0.25) is 0 Å². The zero-order valence-corrected chi connectivity index (χ0v) is 15.7. The van der Waals surface area contributed by atoms with Crippen LogP contribution in [0, 0.1) is 0 Å². The van der Waals surface area contributed by atoms with Crippen LogP contribution in [0.5, 0.6) is 0 Å². The normalized spacial score (nSPS) is 17.6. The Morgan fingerprint density at radius 1 is 0.862 bits per heavy atom. The second-order valence-electron chi connectivity index (χ2n) is 6.38. The molecule has 1 heterocycles. The first-order valence-electron chi connectivity index (χ1n) is 7.67. The predicted octanol–water partition coefficient (Wildman–Crippen LogP) is 5.12. The molecule has 0 aromatic rings. The first-order valence-corrected chi connectivity index (χ1v) is 7.67.